The zero-order chi connectivity index (χ0) is 17.7. The van der Waals surface area contributed by atoms with Gasteiger partial charge in [0.1, 0.15) is 23.8 Å². The summed E-state index contributed by atoms with van der Waals surface area (Å²) < 4.78 is 19.2. The van der Waals surface area contributed by atoms with Crippen molar-refractivity contribution in [3.63, 3.8) is 0 Å². The highest BCUT2D eigenvalue weighted by Gasteiger charge is 2.38. The van der Waals surface area contributed by atoms with E-state index in [9.17, 15) is 14.3 Å². The first-order chi connectivity index (χ1) is 12.1. The van der Waals surface area contributed by atoms with Crippen LogP contribution in [0.4, 0.5) is 4.39 Å². The van der Waals surface area contributed by atoms with Crippen molar-refractivity contribution in [1.82, 2.24) is 4.90 Å². The summed E-state index contributed by atoms with van der Waals surface area (Å²) in [5.41, 5.74) is -0.499. The van der Waals surface area contributed by atoms with E-state index in [0.717, 1.165) is 0 Å². The Morgan fingerprint density at radius 2 is 1.88 bits per heavy atom. The van der Waals surface area contributed by atoms with E-state index in [1.807, 2.05) is 30.3 Å². The second-order valence-corrected chi connectivity index (χ2v) is 6.48. The van der Waals surface area contributed by atoms with E-state index < -0.39 is 5.60 Å². The van der Waals surface area contributed by atoms with Gasteiger partial charge in [-0.15, -0.1) is 0 Å². The average Bonchev–Trinajstić information content (AvgIpc) is 3.03. The van der Waals surface area contributed by atoms with Crippen molar-refractivity contribution in [3.8, 4) is 5.75 Å². The first-order valence-electron chi connectivity index (χ1n) is 8.47. The minimum Gasteiger partial charge on any atom is -0.491 e. The highest BCUT2D eigenvalue weighted by molar-refractivity contribution is 5.77. The SMILES string of the molecule is O=C(CCc1ccccc1F)N1CCC(O)(COc2ccccc2)C1. The molecule has 0 saturated carbocycles. The smallest absolute Gasteiger partial charge is 0.223 e. The Morgan fingerprint density at radius 3 is 2.64 bits per heavy atom. The minimum atomic E-state index is -1.04. The van der Waals surface area contributed by atoms with Gasteiger partial charge in [-0.2, -0.15) is 0 Å². The van der Waals surface area contributed by atoms with Gasteiger partial charge in [-0.25, -0.2) is 4.39 Å². The molecule has 0 bridgehead atoms. The largest absolute Gasteiger partial charge is 0.491 e. The molecule has 1 amide bonds. The number of hydrogen-bond donors (Lipinski definition) is 1. The Balaban J connectivity index is 1.49. The molecule has 1 atom stereocenters. The summed E-state index contributed by atoms with van der Waals surface area (Å²) >= 11 is 0. The lowest BCUT2D eigenvalue weighted by molar-refractivity contribution is -0.131. The number of aryl methyl sites for hydroxylation is 1. The van der Waals surface area contributed by atoms with Crippen LogP contribution < -0.4 is 4.74 Å². The molecule has 2 aromatic carbocycles. The molecule has 0 aromatic heterocycles. The van der Waals surface area contributed by atoms with E-state index in [1.54, 1.807) is 23.1 Å². The Labute approximate surface area is 146 Å². The van der Waals surface area contributed by atoms with Crippen LogP contribution in [-0.2, 0) is 11.2 Å². The van der Waals surface area contributed by atoms with Crippen molar-refractivity contribution >= 4 is 5.91 Å². The summed E-state index contributed by atoms with van der Waals surface area (Å²) in [5.74, 6) is 0.337. The number of carbonyl (C=O) groups excluding carboxylic acids is 1. The molecule has 2 aromatic rings. The fourth-order valence-electron chi connectivity index (χ4n) is 3.02. The van der Waals surface area contributed by atoms with Gasteiger partial charge < -0.3 is 14.7 Å². The predicted molar refractivity (Wildman–Crippen MR) is 92.8 cm³/mol. The monoisotopic (exact) mass is 343 g/mol. The molecule has 0 aliphatic carbocycles. The number of halogens is 1. The van der Waals surface area contributed by atoms with Gasteiger partial charge in [-0.1, -0.05) is 36.4 Å². The maximum absolute atomic E-state index is 13.6. The normalized spacial score (nSPS) is 19.8. The molecule has 25 heavy (non-hydrogen) atoms. The minimum absolute atomic E-state index is 0.0705. The van der Waals surface area contributed by atoms with Gasteiger partial charge in [0, 0.05) is 13.0 Å². The third kappa shape index (κ3) is 4.57. The molecule has 0 spiro atoms. The van der Waals surface area contributed by atoms with Crippen molar-refractivity contribution < 1.29 is 19.0 Å². The fourth-order valence-corrected chi connectivity index (χ4v) is 3.02. The highest BCUT2D eigenvalue weighted by Crippen LogP contribution is 2.24. The molecule has 0 radical (unpaired) electrons. The van der Waals surface area contributed by atoms with Gasteiger partial charge in [0.2, 0.25) is 5.91 Å². The zero-order valence-corrected chi connectivity index (χ0v) is 14.0. The maximum atomic E-state index is 13.6. The quantitative estimate of drug-likeness (QED) is 0.877. The lowest BCUT2D eigenvalue weighted by atomic mass is 10.1. The third-order valence-corrected chi connectivity index (χ3v) is 4.50. The van der Waals surface area contributed by atoms with Crippen LogP contribution in [0.1, 0.15) is 18.4 Å². The summed E-state index contributed by atoms with van der Waals surface area (Å²) in [6.45, 7) is 0.884. The van der Waals surface area contributed by atoms with Crippen LogP contribution in [0.25, 0.3) is 0 Å². The van der Waals surface area contributed by atoms with Gasteiger partial charge >= 0.3 is 0 Å². The summed E-state index contributed by atoms with van der Waals surface area (Å²) in [6, 6.07) is 15.8. The second-order valence-electron chi connectivity index (χ2n) is 6.48. The second kappa shape index (κ2) is 7.66. The standard InChI is InChI=1S/C20H22FNO3/c21-18-9-5-4-6-16(18)10-11-19(23)22-13-12-20(24,14-22)15-25-17-7-2-1-3-8-17/h1-9,24H,10-15H2. The topological polar surface area (TPSA) is 49.8 Å². The number of ether oxygens (including phenoxy) is 1. The number of hydrogen-bond acceptors (Lipinski definition) is 3. The van der Waals surface area contributed by atoms with Crippen LogP contribution in [0.2, 0.25) is 0 Å². The first kappa shape index (κ1) is 17.4. The van der Waals surface area contributed by atoms with Gasteiger partial charge in [-0.3, -0.25) is 4.79 Å². The number of aliphatic hydroxyl groups is 1. The lowest BCUT2D eigenvalue weighted by Crippen LogP contribution is -2.40. The Kier molecular flexibility index (Phi) is 5.34. The van der Waals surface area contributed by atoms with Crippen molar-refractivity contribution in [2.24, 2.45) is 0 Å². The number of carbonyl (C=O) groups is 1. The fraction of sp³-hybridized carbons (Fsp3) is 0.350. The van der Waals surface area contributed by atoms with Gasteiger partial charge in [0.05, 0.1) is 6.54 Å². The number of para-hydroxylation sites is 1. The van der Waals surface area contributed by atoms with E-state index in [-0.39, 0.29) is 31.3 Å². The molecular weight excluding hydrogens is 321 g/mol. The van der Waals surface area contributed by atoms with Crippen LogP contribution in [-0.4, -0.2) is 41.2 Å². The molecule has 1 heterocycles. The molecule has 132 valence electrons. The van der Waals surface area contributed by atoms with Crippen molar-refractivity contribution in [3.05, 3.63) is 66.0 Å². The number of benzene rings is 2. The number of likely N-dealkylation sites (tertiary alicyclic amines) is 1. The third-order valence-electron chi connectivity index (χ3n) is 4.50. The number of amides is 1. The van der Waals surface area contributed by atoms with Crippen LogP contribution in [0.3, 0.4) is 0 Å². The predicted octanol–water partition coefficient (Wildman–Crippen LogP) is 2.80. The number of β-amino-alcohol motifs (C(OH)–C–C–N with tert-alkyl or cyclic N) is 1. The Bertz CT molecular complexity index is 722. The van der Waals surface area contributed by atoms with Crippen molar-refractivity contribution in [2.45, 2.75) is 24.9 Å². The number of rotatable bonds is 6. The van der Waals surface area contributed by atoms with E-state index in [0.29, 0.717) is 30.7 Å². The first-order valence-corrected chi connectivity index (χ1v) is 8.47. The summed E-state index contributed by atoms with van der Waals surface area (Å²) in [4.78, 5) is 14.0. The van der Waals surface area contributed by atoms with E-state index >= 15 is 0 Å². The summed E-state index contributed by atoms with van der Waals surface area (Å²) in [5, 5.41) is 10.6. The molecule has 1 aliphatic heterocycles. The highest BCUT2D eigenvalue weighted by atomic mass is 19.1. The molecule has 1 fully saturated rings. The van der Waals surface area contributed by atoms with Crippen LogP contribution in [0, 0.1) is 5.82 Å². The van der Waals surface area contributed by atoms with Crippen LogP contribution in [0.15, 0.2) is 54.6 Å². The molecule has 1 N–H and O–H groups in total. The summed E-state index contributed by atoms with van der Waals surface area (Å²) in [7, 11) is 0. The molecule has 1 unspecified atom stereocenters. The van der Waals surface area contributed by atoms with E-state index in [2.05, 4.69) is 0 Å². The Morgan fingerprint density at radius 1 is 1.16 bits per heavy atom. The Hall–Kier alpha value is -2.40. The van der Waals surface area contributed by atoms with Gasteiger partial charge in [0.25, 0.3) is 0 Å². The molecule has 3 rings (SSSR count). The number of nitrogens with zero attached hydrogens (tertiary/aromatic N) is 1. The zero-order valence-electron chi connectivity index (χ0n) is 14.0. The van der Waals surface area contributed by atoms with Gasteiger partial charge in [-0.05, 0) is 36.6 Å². The van der Waals surface area contributed by atoms with Crippen LogP contribution in [0.5, 0.6) is 5.75 Å². The molecule has 1 aliphatic rings. The van der Waals surface area contributed by atoms with Crippen LogP contribution >= 0.6 is 0 Å². The van der Waals surface area contributed by atoms with E-state index in [4.69, 9.17) is 4.74 Å². The molecule has 4 nitrogen and oxygen atoms in total. The average molecular weight is 343 g/mol. The maximum Gasteiger partial charge on any atom is 0.223 e. The van der Waals surface area contributed by atoms with Crippen molar-refractivity contribution in [2.75, 3.05) is 19.7 Å². The molecular formula is C20H22FNO3. The lowest BCUT2D eigenvalue weighted by Gasteiger charge is -2.23. The molecule has 5 heteroatoms. The van der Waals surface area contributed by atoms with Crippen molar-refractivity contribution in [1.29, 1.82) is 0 Å². The molecule has 1 saturated heterocycles. The van der Waals surface area contributed by atoms with Gasteiger partial charge in [0.15, 0.2) is 0 Å². The van der Waals surface area contributed by atoms with E-state index in [1.165, 1.54) is 6.07 Å². The summed E-state index contributed by atoms with van der Waals surface area (Å²) in [6.07, 6.45) is 1.07.